The third-order valence-electron chi connectivity index (χ3n) is 4.55. The van der Waals surface area contributed by atoms with Crippen LogP contribution >= 0.6 is 0 Å². The number of carboxylic acid groups (broad SMARTS) is 1. The van der Waals surface area contributed by atoms with Gasteiger partial charge in [-0.15, -0.1) is 0 Å². The van der Waals surface area contributed by atoms with Crippen LogP contribution in [0.25, 0.3) is 0 Å². The number of aliphatic carboxylic acids is 1. The second-order valence-corrected chi connectivity index (χ2v) is 5.87. The van der Waals surface area contributed by atoms with Crippen molar-refractivity contribution < 1.29 is 19.4 Å². The molecule has 1 aromatic carbocycles. The molecule has 0 aliphatic heterocycles. The van der Waals surface area contributed by atoms with Crippen LogP contribution in [0.4, 0.5) is 0 Å². The van der Waals surface area contributed by atoms with Crippen LogP contribution in [0.1, 0.15) is 29.0 Å². The van der Waals surface area contributed by atoms with Gasteiger partial charge in [0.1, 0.15) is 11.2 Å². The molecule has 1 fully saturated rings. The SMILES string of the molecule is COc1ccc([C@H]2C[C@@]2(C(=O)O)c2cc(C)ccc2OC)cn1. The van der Waals surface area contributed by atoms with Crippen LogP contribution in [0.3, 0.4) is 0 Å². The van der Waals surface area contributed by atoms with Gasteiger partial charge in [0, 0.05) is 23.7 Å². The van der Waals surface area contributed by atoms with E-state index < -0.39 is 11.4 Å². The van der Waals surface area contributed by atoms with Crippen molar-refractivity contribution in [2.24, 2.45) is 0 Å². The number of benzene rings is 1. The van der Waals surface area contributed by atoms with Crippen molar-refractivity contribution in [1.29, 1.82) is 0 Å². The summed E-state index contributed by atoms with van der Waals surface area (Å²) in [5, 5.41) is 9.90. The molecule has 5 nitrogen and oxygen atoms in total. The zero-order valence-corrected chi connectivity index (χ0v) is 13.4. The third kappa shape index (κ3) is 2.42. The predicted octanol–water partition coefficient (Wildman–Crippen LogP) is 2.92. The first-order valence-electron chi connectivity index (χ1n) is 7.41. The van der Waals surface area contributed by atoms with Crippen LogP contribution in [-0.4, -0.2) is 30.3 Å². The van der Waals surface area contributed by atoms with Gasteiger partial charge in [0.15, 0.2) is 0 Å². The monoisotopic (exact) mass is 313 g/mol. The Kier molecular flexibility index (Phi) is 3.72. The minimum atomic E-state index is -0.951. The van der Waals surface area contributed by atoms with Gasteiger partial charge >= 0.3 is 5.97 Å². The van der Waals surface area contributed by atoms with E-state index in [1.807, 2.05) is 31.2 Å². The minimum Gasteiger partial charge on any atom is -0.496 e. The standard InChI is InChI=1S/C18H19NO4/c1-11-4-6-15(22-2)13(8-11)18(17(20)21)9-14(18)12-5-7-16(23-3)19-10-12/h4-8,10,14H,9H2,1-3H3,(H,20,21)/t14-,18-/m1/s1. The summed E-state index contributed by atoms with van der Waals surface area (Å²) in [6, 6.07) is 9.29. The summed E-state index contributed by atoms with van der Waals surface area (Å²) >= 11 is 0. The molecule has 1 heterocycles. The van der Waals surface area contributed by atoms with Crippen molar-refractivity contribution in [2.75, 3.05) is 14.2 Å². The van der Waals surface area contributed by atoms with Gasteiger partial charge in [-0.3, -0.25) is 4.79 Å². The molecule has 2 atom stereocenters. The number of aryl methyl sites for hydroxylation is 1. The zero-order valence-electron chi connectivity index (χ0n) is 13.4. The van der Waals surface area contributed by atoms with Gasteiger partial charge in [-0.25, -0.2) is 4.98 Å². The van der Waals surface area contributed by atoms with Crippen LogP contribution in [0.15, 0.2) is 36.5 Å². The van der Waals surface area contributed by atoms with Gasteiger partial charge in [0.2, 0.25) is 5.88 Å². The number of pyridine rings is 1. The van der Waals surface area contributed by atoms with Gasteiger partial charge in [-0.05, 0) is 25.0 Å². The van der Waals surface area contributed by atoms with E-state index in [2.05, 4.69) is 4.98 Å². The lowest BCUT2D eigenvalue weighted by Gasteiger charge is -2.17. The molecule has 5 heteroatoms. The Morgan fingerprint density at radius 2 is 2.04 bits per heavy atom. The van der Waals surface area contributed by atoms with Crippen molar-refractivity contribution in [3.05, 3.63) is 53.2 Å². The molecule has 0 amide bonds. The average Bonchev–Trinajstić information content (AvgIpc) is 3.32. The van der Waals surface area contributed by atoms with Crippen molar-refractivity contribution in [3.8, 4) is 11.6 Å². The first-order valence-corrected chi connectivity index (χ1v) is 7.41. The van der Waals surface area contributed by atoms with Gasteiger partial charge in [0.05, 0.1) is 14.2 Å². The Labute approximate surface area is 134 Å². The highest BCUT2D eigenvalue weighted by Crippen LogP contribution is 2.62. The summed E-state index contributed by atoms with van der Waals surface area (Å²) in [5.74, 6) is 0.182. The maximum absolute atomic E-state index is 12.1. The number of methoxy groups -OCH3 is 2. The maximum Gasteiger partial charge on any atom is 0.314 e. The van der Waals surface area contributed by atoms with E-state index in [0.29, 0.717) is 18.1 Å². The second kappa shape index (κ2) is 5.57. The van der Waals surface area contributed by atoms with E-state index in [9.17, 15) is 9.90 Å². The zero-order chi connectivity index (χ0) is 16.6. The molecule has 1 aliphatic rings. The van der Waals surface area contributed by atoms with Crippen LogP contribution in [-0.2, 0) is 10.2 Å². The Hall–Kier alpha value is -2.56. The van der Waals surface area contributed by atoms with Crippen LogP contribution in [0.2, 0.25) is 0 Å². The number of carbonyl (C=O) groups is 1. The normalized spacial score (nSPS) is 22.5. The number of hydrogen-bond donors (Lipinski definition) is 1. The molecule has 0 spiro atoms. The largest absolute Gasteiger partial charge is 0.496 e. The number of carboxylic acids is 1. The van der Waals surface area contributed by atoms with Gasteiger partial charge in [-0.1, -0.05) is 23.8 Å². The van der Waals surface area contributed by atoms with Crippen LogP contribution in [0, 0.1) is 6.92 Å². The minimum absolute atomic E-state index is 0.117. The Morgan fingerprint density at radius 3 is 2.61 bits per heavy atom. The molecule has 120 valence electrons. The summed E-state index contributed by atoms with van der Waals surface area (Å²) in [4.78, 5) is 16.3. The fourth-order valence-electron chi connectivity index (χ4n) is 3.20. The quantitative estimate of drug-likeness (QED) is 0.919. The van der Waals surface area contributed by atoms with Crippen molar-refractivity contribution in [3.63, 3.8) is 0 Å². The molecule has 1 aliphatic carbocycles. The molecule has 1 aromatic heterocycles. The van der Waals surface area contributed by atoms with E-state index >= 15 is 0 Å². The van der Waals surface area contributed by atoms with E-state index in [1.165, 1.54) is 0 Å². The molecule has 3 rings (SSSR count). The van der Waals surface area contributed by atoms with Gasteiger partial charge in [-0.2, -0.15) is 0 Å². The lowest BCUT2D eigenvalue weighted by Crippen LogP contribution is -2.23. The van der Waals surface area contributed by atoms with Crippen LogP contribution < -0.4 is 9.47 Å². The Balaban J connectivity index is 2.03. The highest BCUT2D eigenvalue weighted by atomic mass is 16.5. The number of nitrogens with zero attached hydrogens (tertiary/aromatic N) is 1. The molecule has 0 unspecified atom stereocenters. The van der Waals surface area contributed by atoms with Crippen LogP contribution in [0.5, 0.6) is 11.6 Å². The predicted molar refractivity (Wildman–Crippen MR) is 85.2 cm³/mol. The maximum atomic E-state index is 12.1. The van der Waals surface area contributed by atoms with E-state index in [4.69, 9.17) is 9.47 Å². The third-order valence-corrected chi connectivity index (χ3v) is 4.55. The van der Waals surface area contributed by atoms with E-state index in [0.717, 1.165) is 16.7 Å². The van der Waals surface area contributed by atoms with E-state index in [-0.39, 0.29) is 5.92 Å². The highest BCUT2D eigenvalue weighted by molar-refractivity contribution is 5.89. The lowest BCUT2D eigenvalue weighted by atomic mass is 9.89. The fraction of sp³-hybridized carbons (Fsp3) is 0.333. The Morgan fingerprint density at radius 1 is 1.26 bits per heavy atom. The molecule has 0 radical (unpaired) electrons. The first-order chi connectivity index (χ1) is 11.0. The lowest BCUT2D eigenvalue weighted by molar-refractivity contribution is -0.140. The Bertz CT molecular complexity index is 741. The average molecular weight is 313 g/mol. The smallest absolute Gasteiger partial charge is 0.314 e. The van der Waals surface area contributed by atoms with Gasteiger partial charge in [0.25, 0.3) is 0 Å². The second-order valence-electron chi connectivity index (χ2n) is 5.87. The van der Waals surface area contributed by atoms with E-state index in [1.54, 1.807) is 26.5 Å². The molecule has 1 saturated carbocycles. The fourth-order valence-corrected chi connectivity index (χ4v) is 3.20. The van der Waals surface area contributed by atoms with Crippen molar-refractivity contribution in [2.45, 2.75) is 24.7 Å². The number of hydrogen-bond acceptors (Lipinski definition) is 4. The summed E-state index contributed by atoms with van der Waals surface area (Å²) < 4.78 is 10.5. The van der Waals surface area contributed by atoms with Gasteiger partial charge < -0.3 is 14.6 Å². The summed E-state index contributed by atoms with van der Waals surface area (Å²) in [6.07, 6.45) is 2.23. The summed E-state index contributed by atoms with van der Waals surface area (Å²) in [5.41, 5.74) is 1.69. The topological polar surface area (TPSA) is 68.7 Å². The summed E-state index contributed by atoms with van der Waals surface area (Å²) in [6.45, 7) is 1.95. The molecule has 23 heavy (non-hydrogen) atoms. The number of rotatable bonds is 5. The molecule has 2 aromatic rings. The molecule has 0 saturated heterocycles. The molecule has 1 N–H and O–H groups in total. The molecular weight excluding hydrogens is 294 g/mol. The van der Waals surface area contributed by atoms with Crippen molar-refractivity contribution >= 4 is 5.97 Å². The number of aromatic nitrogens is 1. The molecular formula is C18H19NO4. The number of ether oxygens (including phenoxy) is 2. The highest BCUT2D eigenvalue weighted by Gasteiger charge is 2.63. The summed E-state index contributed by atoms with van der Waals surface area (Å²) in [7, 11) is 3.12. The molecule has 0 bridgehead atoms. The van der Waals surface area contributed by atoms with Crippen molar-refractivity contribution in [1.82, 2.24) is 4.98 Å². The first kappa shape index (κ1) is 15.3.